The van der Waals surface area contributed by atoms with Crippen LogP contribution in [0.4, 0.5) is 0 Å². The van der Waals surface area contributed by atoms with E-state index in [4.69, 9.17) is 0 Å². The normalized spacial score (nSPS) is 12.8. The Bertz CT molecular complexity index is 752. The smallest absolute Gasteiger partial charge is 0.232 e. The van der Waals surface area contributed by atoms with E-state index in [0.29, 0.717) is 11.6 Å². The molecule has 0 aliphatic carbocycles. The molecule has 22 heavy (non-hydrogen) atoms. The molecule has 0 N–H and O–H groups in total. The predicted octanol–water partition coefficient (Wildman–Crippen LogP) is 2.48. The van der Waals surface area contributed by atoms with Crippen molar-refractivity contribution in [1.82, 2.24) is 15.1 Å². The van der Waals surface area contributed by atoms with Crippen LogP contribution < -0.4 is 0 Å². The van der Waals surface area contributed by atoms with Gasteiger partial charge in [0.2, 0.25) is 14.2 Å². The van der Waals surface area contributed by atoms with Gasteiger partial charge in [-0.1, -0.05) is 53.3 Å². The minimum absolute atomic E-state index is 0.0763. The van der Waals surface area contributed by atoms with Crippen LogP contribution in [0.25, 0.3) is 6.08 Å². The molecular weight excluding hydrogens is 318 g/mol. The fourth-order valence-electron chi connectivity index (χ4n) is 2.04. The van der Waals surface area contributed by atoms with Gasteiger partial charge >= 0.3 is 0 Å². The molecule has 0 atom stereocenters. The number of likely N-dealkylation sites (N-methyl/N-ethyl adjacent to an activating group) is 1. The molecule has 0 spiro atoms. The maximum Gasteiger partial charge on any atom is 0.232 e. The van der Waals surface area contributed by atoms with Crippen molar-refractivity contribution in [2.75, 3.05) is 19.8 Å². The Morgan fingerprint density at radius 3 is 2.55 bits per heavy atom. The van der Waals surface area contributed by atoms with E-state index in [1.807, 2.05) is 25.2 Å². The van der Waals surface area contributed by atoms with E-state index in [0.717, 1.165) is 24.1 Å². The van der Waals surface area contributed by atoms with E-state index in [9.17, 15) is 8.42 Å². The molecule has 118 valence electrons. The molecule has 1 heterocycles. The third-order valence-corrected chi connectivity index (χ3v) is 5.48. The summed E-state index contributed by atoms with van der Waals surface area (Å²) in [4.78, 5) is 2.08. The summed E-state index contributed by atoms with van der Waals surface area (Å²) in [6.45, 7) is 3.43. The van der Waals surface area contributed by atoms with Crippen LogP contribution in [0.2, 0.25) is 0 Å². The van der Waals surface area contributed by atoms with Gasteiger partial charge in [-0.2, -0.15) is 0 Å². The molecule has 0 saturated carbocycles. The second kappa shape index (κ2) is 7.13. The van der Waals surface area contributed by atoms with E-state index in [1.165, 1.54) is 11.1 Å². The van der Waals surface area contributed by atoms with Crippen LogP contribution in [0.3, 0.4) is 0 Å². The van der Waals surface area contributed by atoms with Crippen LogP contribution in [0.15, 0.2) is 40.2 Å². The third-order valence-electron chi connectivity index (χ3n) is 2.90. The second-order valence-electron chi connectivity index (χ2n) is 5.31. The number of hydrogen-bond acceptors (Lipinski definition) is 6. The first kappa shape index (κ1) is 16.8. The van der Waals surface area contributed by atoms with Gasteiger partial charge in [-0.25, -0.2) is 8.42 Å². The summed E-state index contributed by atoms with van der Waals surface area (Å²) in [6.07, 6.45) is 3.28. The molecular formula is C15H19N3O2S2. The third kappa shape index (κ3) is 5.01. The Morgan fingerprint density at radius 1 is 1.27 bits per heavy atom. The van der Waals surface area contributed by atoms with Gasteiger partial charge in [0.05, 0.1) is 6.54 Å². The standard InChI is InChI=1S/C15H19N3O2S2/c1-12(9-13-7-5-4-6-8-13)10-18(2)11-14-16-17-15(21-14)22(3,19)20/h4-9H,10-11H2,1-3H3. The molecule has 1 aromatic heterocycles. The largest absolute Gasteiger partial charge is 0.296 e. The molecule has 1 aromatic carbocycles. The molecule has 5 nitrogen and oxygen atoms in total. The molecule has 0 amide bonds. The number of nitrogens with zero attached hydrogens (tertiary/aromatic N) is 3. The Labute approximate surface area is 135 Å². The lowest BCUT2D eigenvalue weighted by atomic mass is 10.1. The lowest BCUT2D eigenvalue weighted by Gasteiger charge is -2.15. The number of rotatable bonds is 6. The Balaban J connectivity index is 1.97. The summed E-state index contributed by atoms with van der Waals surface area (Å²) in [5.41, 5.74) is 2.39. The minimum Gasteiger partial charge on any atom is -0.296 e. The van der Waals surface area contributed by atoms with Gasteiger partial charge in [0.25, 0.3) is 0 Å². The maximum atomic E-state index is 11.4. The fourth-order valence-corrected chi connectivity index (χ4v) is 3.78. The summed E-state index contributed by atoms with van der Waals surface area (Å²) < 4.78 is 22.9. The average molecular weight is 337 g/mol. The highest BCUT2D eigenvalue weighted by Gasteiger charge is 2.15. The van der Waals surface area contributed by atoms with Gasteiger partial charge in [0, 0.05) is 12.8 Å². The van der Waals surface area contributed by atoms with Crippen LogP contribution in [0.5, 0.6) is 0 Å². The molecule has 2 rings (SSSR count). The minimum atomic E-state index is -3.27. The molecule has 0 aliphatic heterocycles. The molecule has 0 fully saturated rings. The SMILES string of the molecule is CC(=Cc1ccccc1)CN(C)Cc1nnc(S(C)(=O)=O)s1. The number of benzene rings is 1. The highest BCUT2D eigenvalue weighted by molar-refractivity contribution is 7.92. The van der Waals surface area contributed by atoms with Crippen molar-refractivity contribution in [3.05, 3.63) is 46.5 Å². The molecule has 7 heteroatoms. The Kier molecular flexibility index (Phi) is 5.44. The monoisotopic (exact) mass is 337 g/mol. The average Bonchev–Trinajstić information content (AvgIpc) is 2.87. The molecule has 2 aromatic rings. The van der Waals surface area contributed by atoms with E-state index < -0.39 is 9.84 Å². The van der Waals surface area contributed by atoms with Crippen molar-refractivity contribution in [2.45, 2.75) is 17.8 Å². The van der Waals surface area contributed by atoms with Crippen LogP contribution >= 0.6 is 11.3 Å². The van der Waals surface area contributed by atoms with Crippen molar-refractivity contribution < 1.29 is 8.42 Å². The van der Waals surface area contributed by atoms with Gasteiger partial charge in [-0.3, -0.25) is 4.90 Å². The summed E-state index contributed by atoms with van der Waals surface area (Å²) in [5, 5.41) is 8.37. The van der Waals surface area contributed by atoms with Crippen molar-refractivity contribution in [2.24, 2.45) is 0 Å². The number of hydrogen-bond donors (Lipinski definition) is 0. The maximum absolute atomic E-state index is 11.4. The van der Waals surface area contributed by atoms with Crippen molar-refractivity contribution in [3.8, 4) is 0 Å². The number of aromatic nitrogens is 2. The second-order valence-corrected chi connectivity index (χ2v) is 8.56. The first-order valence-corrected chi connectivity index (χ1v) is 9.48. The van der Waals surface area contributed by atoms with Gasteiger partial charge < -0.3 is 0 Å². The first-order chi connectivity index (χ1) is 10.3. The highest BCUT2D eigenvalue weighted by Crippen LogP contribution is 2.17. The topological polar surface area (TPSA) is 63.2 Å². The van der Waals surface area contributed by atoms with Crippen LogP contribution in [-0.4, -0.2) is 43.4 Å². The van der Waals surface area contributed by atoms with Gasteiger partial charge in [0.1, 0.15) is 5.01 Å². The fraction of sp³-hybridized carbons (Fsp3) is 0.333. The highest BCUT2D eigenvalue weighted by atomic mass is 32.2. The Hall–Kier alpha value is -1.57. The molecule has 0 radical (unpaired) electrons. The summed E-state index contributed by atoms with van der Waals surface area (Å²) >= 11 is 1.13. The van der Waals surface area contributed by atoms with Gasteiger partial charge in [0.15, 0.2) is 0 Å². The van der Waals surface area contributed by atoms with Crippen LogP contribution in [0, 0.1) is 0 Å². The summed E-state index contributed by atoms with van der Waals surface area (Å²) in [7, 11) is -1.29. The van der Waals surface area contributed by atoms with Gasteiger partial charge in [-0.15, -0.1) is 10.2 Å². The zero-order valence-electron chi connectivity index (χ0n) is 12.9. The Morgan fingerprint density at radius 2 is 1.95 bits per heavy atom. The quantitative estimate of drug-likeness (QED) is 0.810. The molecule has 0 saturated heterocycles. The predicted molar refractivity (Wildman–Crippen MR) is 89.4 cm³/mol. The van der Waals surface area contributed by atoms with Crippen LogP contribution in [0.1, 0.15) is 17.5 Å². The summed E-state index contributed by atoms with van der Waals surface area (Å²) in [6, 6.07) is 10.1. The zero-order valence-corrected chi connectivity index (χ0v) is 14.5. The molecule has 0 bridgehead atoms. The molecule has 0 aliphatic rings. The van der Waals surface area contributed by atoms with E-state index in [2.05, 4.69) is 40.2 Å². The van der Waals surface area contributed by atoms with Crippen LogP contribution in [-0.2, 0) is 16.4 Å². The number of sulfone groups is 1. The van der Waals surface area contributed by atoms with E-state index in [1.54, 1.807) is 0 Å². The van der Waals surface area contributed by atoms with E-state index in [-0.39, 0.29) is 4.34 Å². The zero-order chi connectivity index (χ0) is 16.2. The lowest BCUT2D eigenvalue weighted by molar-refractivity contribution is 0.354. The van der Waals surface area contributed by atoms with Crippen molar-refractivity contribution in [1.29, 1.82) is 0 Å². The summed E-state index contributed by atoms with van der Waals surface area (Å²) in [5.74, 6) is 0. The van der Waals surface area contributed by atoms with Crippen molar-refractivity contribution >= 4 is 27.3 Å². The van der Waals surface area contributed by atoms with Crippen molar-refractivity contribution in [3.63, 3.8) is 0 Å². The lowest BCUT2D eigenvalue weighted by Crippen LogP contribution is -2.19. The van der Waals surface area contributed by atoms with Gasteiger partial charge in [-0.05, 0) is 19.5 Å². The first-order valence-electron chi connectivity index (χ1n) is 6.78. The molecule has 0 unspecified atom stereocenters. The van der Waals surface area contributed by atoms with E-state index >= 15 is 0 Å².